The fourth-order valence-corrected chi connectivity index (χ4v) is 10.2. The topological polar surface area (TPSA) is 25.8 Å². The van der Waals surface area contributed by atoms with Gasteiger partial charge in [-0.15, -0.1) is 11.3 Å². The highest BCUT2D eigenvalue weighted by atomic mass is 32.1. The Morgan fingerprint density at radius 3 is 1.71 bits per heavy atom. The summed E-state index contributed by atoms with van der Waals surface area (Å²) in [7, 11) is 0. The van der Waals surface area contributed by atoms with Gasteiger partial charge in [-0.1, -0.05) is 182 Å². The van der Waals surface area contributed by atoms with Gasteiger partial charge in [-0.05, 0) is 89.6 Å². The predicted octanol–water partition coefficient (Wildman–Crippen LogP) is 15.8. The van der Waals surface area contributed by atoms with Crippen molar-refractivity contribution < 1.29 is 0 Å². The first-order chi connectivity index (χ1) is 29.2. The van der Waals surface area contributed by atoms with Crippen molar-refractivity contribution in [1.29, 1.82) is 0 Å². The van der Waals surface area contributed by atoms with Crippen molar-refractivity contribution in [3.63, 3.8) is 0 Å². The molecule has 3 heteroatoms. The molecule has 2 nitrogen and oxygen atoms in total. The number of hydrogen-bond donors (Lipinski definition) is 0. The molecule has 0 unspecified atom stereocenters. The zero-order valence-electron chi connectivity index (χ0n) is 31.9. The summed E-state index contributed by atoms with van der Waals surface area (Å²) in [5.41, 5.74) is 9.75. The summed E-state index contributed by atoms with van der Waals surface area (Å²) >= 11 is 1.85. The number of nitrogens with zero attached hydrogens (tertiary/aromatic N) is 2. The maximum atomic E-state index is 5.29. The van der Waals surface area contributed by atoms with Gasteiger partial charge in [0.25, 0.3) is 0 Å². The molecular formula is C56H34N2S. The second kappa shape index (κ2) is 13.6. The molecule has 0 saturated heterocycles. The fourth-order valence-electron chi connectivity index (χ4n) is 9.04. The lowest BCUT2D eigenvalue weighted by molar-refractivity contribution is 1.18. The maximum Gasteiger partial charge on any atom is 0.160 e. The minimum Gasteiger partial charge on any atom is -0.228 e. The summed E-state index contributed by atoms with van der Waals surface area (Å²) in [4.78, 5) is 10.5. The fraction of sp³-hybridized carbons (Fsp3) is 0. The number of benzene rings is 10. The van der Waals surface area contributed by atoms with Crippen LogP contribution in [0.3, 0.4) is 0 Å². The van der Waals surface area contributed by atoms with Crippen molar-refractivity contribution in [3.8, 4) is 56.2 Å². The highest BCUT2D eigenvalue weighted by molar-refractivity contribution is 7.25. The van der Waals surface area contributed by atoms with Gasteiger partial charge in [0.05, 0.1) is 11.4 Å². The van der Waals surface area contributed by atoms with E-state index >= 15 is 0 Å². The molecule has 0 bridgehead atoms. The average Bonchev–Trinajstić information content (AvgIpc) is 3.69. The molecule has 0 saturated carbocycles. The molecule has 2 heterocycles. The summed E-state index contributed by atoms with van der Waals surface area (Å²) in [6, 6.07) is 74.6. The van der Waals surface area contributed by atoms with E-state index in [1.54, 1.807) is 0 Å². The van der Waals surface area contributed by atoms with Crippen molar-refractivity contribution in [1.82, 2.24) is 9.97 Å². The lowest BCUT2D eigenvalue weighted by Gasteiger charge is -2.17. The average molecular weight is 767 g/mol. The molecule has 12 rings (SSSR count). The Morgan fingerprint density at radius 1 is 0.288 bits per heavy atom. The third-order valence-corrected chi connectivity index (χ3v) is 13.0. The summed E-state index contributed by atoms with van der Waals surface area (Å²) in [6.45, 7) is 0. The Balaban J connectivity index is 1.01. The summed E-state index contributed by atoms with van der Waals surface area (Å²) in [6.07, 6.45) is 0. The summed E-state index contributed by atoms with van der Waals surface area (Å²) < 4.78 is 2.63. The molecule has 12 aromatic rings. The summed E-state index contributed by atoms with van der Waals surface area (Å²) in [5, 5.41) is 12.5. The van der Waals surface area contributed by atoms with Crippen LogP contribution in [0, 0.1) is 0 Å². The van der Waals surface area contributed by atoms with Gasteiger partial charge < -0.3 is 0 Å². The van der Waals surface area contributed by atoms with Gasteiger partial charge in [0, 0.05) is 36.9 Å². The van der Waals surface area contributed by atoms with Gasteiger partial charge in [-0.25, -0.2) is 9.97 Å². The third-order valence-electron chi connectivity index (χ3n) is 11.9. The van der Waals surface area contributed by atoms with Crippen molar-refractivity contribution in [2.24, 2.45) is 0 Å². The molecule has 0 aliphatic rings. The van der Waals surface area contributed by atoms with Gasteiger partial charge in [-0.3, -0.25) is 0 Å². The van der Waals surface area contributed by atoms with E-state index < -0.39 is 0 Å². The van der Waals surface area contributed by atoms with E-state index in [1.165, 1.54) is 80.1 Å². The first-order valence-electron chi connectivity index (χ1n) is 20.1. The second-order valence-corrected chi connectivity index (χ2v) is 16.4. The number of fused-ring (bicyclic) bond motifs is 8. The van der Waals surface area contributed by atoms with E-state index in [2.05, 4.69) is 200 Å². The van der Waals surface area contributed by atoms with Crippen LogP contribution in [0.2, 0.25) is 0 Å². The number of hydrogen-bond acceptors (Lipinski definition) is 3. The molecule has 0 spiro atoms. The van der Waals surface area contributed by atoms with Crippen molar-refractivity contribution in [2.75, 3.05) is 0 Å². The van der Waals surface area contributed by atoms with E-state index in [9.17, 15) is 0 Å². The standard InChI is InChI=1S/C56H34N2S/c1-2-13-38(14-3-1)56-57-51(37-24-22-35(23-25-37)39-27-28-47-46-20-10-11-21-53(46)59-54(47)33-39)34-52(58-56)45-30-31-48(44-19-9-8-18-43(44)45)55-42-17-7-5-15-40(42)32-50-41-16-6-4-12-36(41)26-29-49(50)55/h1-34H. The highest BCUT2D eigenvalue weighted by Crippen LogP contribution is 2.44. The zero-order chi connectivity index (χ0) is 38.9. The van der Waals surface area contributed by atoms with E-state index in [0.29, 0.717) is 5.82 Å². The van der Waals surface area contributed by atoms with Crippen LogP contribution >= 0.6 is 11.3 Å². The van der Waals surface area contributed by atoms with Gasteiger partial charge in [0.2, 0.25) is 0 Å². The summed E-state index contributed by atoms with van der Waals surface area (Å²) in [5.74, 6) is 0.706. The first kappa shape index (κ1) is 33.7. The smallest absolute Gasteiger partial charge is 0.160 e. The molecule has 0 amide bonds. The van der Waals surface area contributed by atoms with Crippen LogP contribution in [0.5, 0.6) is 0 Å². The predicted molar refractivity (Wildman–Crippen MR) is 252 cm³/mol. The Bertz CT molecular complexity index is 3600. The van der Waals surface area contributed by atoms with Crippen molar-refractivity contribution in [3.05, 3.63) is 206 Å². The minimum absolute atomic E-state index is 0.706. The van der Waals surface area contributed by atoms with Gasteiger partial charge in [0.15, 0.2) is 5.82 Å². The van der Waals surface area contributed by atoms with Crippen LogP contribution in [0.1, 0.15) is 0 Å². The minimum atomic E-state index is 0.706. The largest absolute Gasteiger partial charge is 0.228 e. The van der Waals surface area contributed by atoms with Crippen LogP contribution in [-0.4, -0.2) is 9.97 Å². The number of rotatable bonds is 5. The Morgan fingerprint density at radius 2 is 0.881 bits per heavy atom. The molecule has 2 aromatic heterocycles. The van der Waals surface area contributed by atoms with Crippen LogP contribution in [0.4, 0.5) is 0 Å². The SMILES string of the molecule is c1ccc(-c2nc(-c3ccc(-c4ccc5c(c4)sc4ccccc45)cc3)cc(-c3ccc(-c4c5ccccc5cc5c4ccc4ccccc45)c4ccccc34)n2)cc1. The molecule has 0 N–H and O–H groups in total. The molecule has 0 aliphatic carbocycles. The molecule has 274 valence electrons. The van der Waals surface area contributed by atoms with Crippen LogP contribution in [0.25, 0.3) is 119 Å². The molecule has 0 aliphatic heterocycles. The number of thiophene rings is 1. The lowest BCUT2D eigenvalue weighted by atomic mass is 9.86. The number of aromatic nitrogens is 2. The van der Waals surface area contributed by atoms with Gasteiger partial charge in [-0.2, -0.15) is 0 Å². The molecule has 0 fully saturated rings. The van der Waals surface area contributed by atoms with Gasteiger partial charge >= 0.3 is 0 Å². The maximum absolute atomic E-state index is 5.29. The highest BCUT2D eigenvalue weighted by Gasteiger charge is 2.18. The Hall–Kier alpha value is -7.46. The molecule has 0 radical (unpaired) electrons. The first-order valence-corrected chi connectivity index (χ1v) is 20.9. The molecular weight excluding hydrogens is 733 g/mol. The molecule has 59 heavy (non-hydrogen) atoms. The quantitative estimate of drug-likeness (QED) is 0.129. The third kappa shape index (κ3) is 5.62. The van der Waals surface area contributed by atoms with E-state index in [0.717, 1.165) is 33.5 Å². The Kier molecular flexibility index (Phi) is 7.75. The van der Waals surface area contributed by atoms with Crippen molar-refractivity contribution in [2.45, 2.75) is 0 Å². The Labute approximate surface area is 345 Å². The monoisotopic (exact) mass is 766 g/mol. The molecule has 0 atom stereocenters. The van der Waals surface area contributed by atoms with E-state index in [1.807, 2.05) is 17.4 Å². The van der Waals surface area contributed by atoms with Crippen molar-refractivity contribution >= 4 is 74.6 Å². The lowest BCUT2D eigenvalue weighted by Crippen LogP contribution is -1.97. The van der Waals surface area contributed by atoms with Gasteiger partial charge in [0.1, 0.15) is 0 Å². The van der Waals surface area contributed by atoms with Crippen LogP contribution in [0.15, 0.2) is 206 Å². The zero-order valence-corrected chi connectivity index (χ0v) is 32.7. The normalized spacial score (nSPS) is 11.7. The van der Waals surface area contributed by atoms with Crippen LogP contribution in [-0.2, 0) is 0 Å². The second-order valence-electron chi connectivity index (χ2n) is 15.3. The van der Waals surface area contributed by atoms with E-state index in [4.69, 9.17) is 9.97 Å². The molecule has 10 aromatic carbocycles. The van der Waals surface area contributed by atoms with Crippen LogP contribution < -0.4 is 0 Å². The van der Waals surface area contributed by atoms with E-state index in [-0.39, 0.29) is 0 Å².